The minimum Gasteiger partial charge on any atom is -0.327 e. The van der Waals surface area contributed by atoms with Crippen LogP contribution >= 0.6 is 0 Å². The van der Waals surface area contributed by atoms with Crippen molar-refractivity contribution in [3.63, 3.8) is 0 Å². The summed E-state index contributed by atoms with van der Waals surface area (Å²) in [4.78, 5) is 22.7. The number of aromatic nitrogens is 3. The molecule has 3 aromatic rings. The number of hydrogen-bond donors (Lipinski definition) is 2. The zero-order valence-corrected chi connectivity index (χ0v) is 18.5. The molecule has 1 fully saturated rings. The fourth-order valence-corrected chi connectivity index (χ4v) is 3.61. The number of aryl methyl sites for hydroxylation is 1. The molecule has 34 heavy (non-hydrogen) atoms. The number of halogens is 3. The molecular weight excluding hydrogens is 445 g/mol. The fraction of sp³-hybridized carbons (Fsp3) is 0.292. The molecule has 2 aromatic heterocycles. The maximum absolute atomic E-state index is 13.8. The van der Waals surface area contributed by atoms with Gasteiger partial charge in [0.05, 0.1) is 18.1 Å². The molecule has 1 aliphatic heterocycles. The number of nitrogens with zero attached hydrogens (tertiary/aromatic N) is 4. The molecule has 4 rings (SSSR count). The number of carbonyl (C=O) groups excluding carboxylic acids is 1. The Labute approximate surface area is 195 Å². The summed E-state index contributed by atoms with van der Waals surface area (Å²) in [6.45, 7) is 2.99. The Morgan fingerprint density at radius 1 is 1.18 bits per heavy atom. The molecular formula is C24H23F3N6O. The first-order valence-corrected chi connectivity index (χ1v) is 10.7. The number of alkyl halides is 3. The van der Waals surface area contributed by atoms with Crippen molar-refractivity contribution in [3.05, 3.63) is 77.0 Å². The second-order valence-electron chi connectivity index (χ2n) is 7.92. The monoisotopic (exact) mass is 468 g/mol. The van der Waals surface area contributed by atoms with Crippen LogP contribution in [0.2, 0.25) is 0 Å². The maximum atomic E-state index is 13.8. The largest absolute Gasteiger partial charge is 0.416 e. The van der Waals surface area contributed by atoms with Crippen LogP contribution in [0.4, 0.5) is 19.0 Å². The molecule has 0 radical (unpaired) electrons. The second-order valence-corrected chi connectivity index (χ2v) is 7.92. The molecule has 2 N–H and O–H groups in total. The summed E-state index contributed by atoms with van der Waals surface area (Å²) >= 11 is 0. The highest BCUT2D eigenvalue weighted by Crippen LogP contribution is 2.33. The molecule has 1 amide bonds. The number of piperazine rings is 1. The van der Waals surface area contributed by atoms with E-state index >= 15 is 0 Å². The third-order valence-corrected chi connectivity index (χ3v) is 5.43. The lowest BCUT2D eigenvalue weighted by Crippen LogP contribution is -2.43. The van der Waals surface area contributed by atoms with Gasteiger partial charge >= 0.3 is 6.18 Å². The number of rotatable bonds is 4. The van der Waals surface area contributed by atoms with Crippen LogP contribution in [-0.2, 0) is 19.8 Å². The number of benzene rings is 1. The Hall–Kier alpha value is -3.68. The van der Waals surface area contributed by atoms with E-state index in [0.29, 0.717) is 24.3 Å². The predicted molar refractivity (Wildman–Crippen MR) is 121 cm³/mol. The van der Waals surface area contributed by atoms with E-state index in [1.54, 1.807) is 29.2 Å². The van der Waals surface area contributed by atoms with Gasteiger partial charge in [-0.25, -0.2) is 9.97 Å². The Morgan fingerprint density at radius 2 is 1.97 bits per heavy atom. The predicted octanol–water partition coefficient (Wildman–Crippen LogP) is 2.89. The van der Waals surface area contributed by atoms with Crippen LogP contribution in [0.1, 0.15) is 32.7 Å². The Bertz CT molecular complexity index is 1240. The maximum Gasteiger partial charge on any atom is 0.416 e. The molecule has 0 saturated carbocycles. The third kappa shape index (κ3) is 5.81. The van der Waals surface area contributed by atoms with Crippen LogP contribution in [0.5, 0.6) is 0 Å². The van der Waals surface area contributed by atoms with Gasteiger partial charge in [-0.2, -0.15) is 13.2 Å². The van der Waals surface area contributed by atoms with Crippen LogP contribution in [-0.4, -0.2) is 51.5 Å². The average molecular weight is 468 g/mol. The van der Waals surface area contributed by atoms with Crippen molar-refractivity contribution in [3.8, 4) is 11.8 Å². The van der Waals surface area contributed by atoms with E-state index in [4.69, 9.17) is 0 Å². The lowest BCUT2D eigenvalue weighted by molar-refractivity contribution is -0.138. The van der Waals surface area contributed by atoms with Gasteiger partial charge in [-0.3, -0.25) is 9.69 Å². The van der Waals surface area contributed by atoms with Crippen molar-refractivity contribution >= 4 is 11.7 Å². The molecule has 0 spiro atoms. The molecule has 0 unspecified atom stereocenters. The van der Waals surface area contributed by atoms with E-state index in [1.807, 2.05) is 11.9 Å². The molecule has 1 aliphatic rings. The average Bonchev–Trinajstić information content (AvgIpc) is 3.23. The van der Waals surface area contributed by atoms with Gasteiger partial charge < -0.3 is 15.2 Å². The number of imidazole rings is 1. The first-order chi connectivity index (χ1) is 16.3. The number of pyridine rings is 1. The van der Waals surface area contributed by atoms with Gasteiger partial charge in [-0.05, 0) is 35.7 Å². The highest BCUT2D eigenvalue weighted by Gasteiger charge is 2.34. The molecule has 1 saturated heterocycles. The van der Waals surface area contributed by atoms with E-state index in [-0.39, 0.29) is 23.5 Å². The number of nitrogens with one attached hydrogen (secondary N) is 2. The molecule has 176 valence electrons. The summed E-state index contributed by atoms with van der Waals surface area (Å²) in [6.07, 6.45) is 0.160. The van der Waals surface area contributed by atoms with Crippen molar-refractivity contribution in [2.75, 3.05) is 31.5 Å². The van der Waals surface area contributed by atoms with Crippen molar-refractivity contribution in [2.24, 2.45) is 7.05 Å². The van der Waals surface area contributed by atoms with Crippen LogP contribution in [0.15, 0.2) is 49.1 Å². The SMILES string of the molecule is Cn1cncc1C#Cc1ccnc(NC(=O)c2ccc(CN3CCNCC3)c(C(F)(F)F)c2)c1. The summed E-state index contributed by atoms with van der Waals surface area (Å²) in [6, 6.07) is 6.92. The van der Waals surface area contributed by atoms with Crippen molar-refractivity contribution < 1.29 is 18.0 Å². The summed E-state index contributed by atoms with van der Waals surface area (Å²) in [5.41, 5.74) is 0.556. The van der Waals surface area contributed by atoms with E-state index < -0.39 is 17.6 Å². The summed E-state index contributed by atoms with van der Waals surface area (Å²) in [7, 11) is 1.82. The van der Waals surface area contributed by atoms with E-state index in [2.05, 4.69) is 32.4 Å². The van der Waals surface area contributed by atoms with Crippen LogP contribution < -0.4 is 10.6 Å². The van der Waals surface area contributed by atoms with Gasteiger partial charge in [-0.15, -0.1) is 0 Å². The van der Waals surface area contributed by atoms with E-state index in [9.17, 15) is 18.0 Å². The fourth-order valence-electron chi connectivity index (χ4n) is 3.61. The lowest BCUT2D eigenvalue weighted by Gasteiger charge is -2.28. The van der Waals surface area contributed by atoms with Crippen LogP contribution in [0, 0.1) is 11.8 Å². The minimum atomic E-state index is -4.57. The number of carbonyl (C=O) groups is 1. The Balaban J connectivity index is 1.51. The highest BCUT2D eigenvalue weighted by molar-refractivity contribution is 6.04. The van der Waals surface area contributed by atoms with Gasteiger partial charge in [0.25, 0.3) is 5.91 Å². The van der Waals surface area contributed by atoms with Gasteiger partial charge in [-0.1, -0.05) is 12.0 Å². The Kier molecular flexibility index (Phi) is 6.95. The molecule has 0 bridgehead atoms. The Morgan fingerprint density at radius 3 is 2.68 bits per heavy atom. The molecule has 7 nitrogen and oxygen atoms in total. The first kappa shape index (κ1) is 23.5. The summed E-state index contributed by atoms with van der Waals surface area (Å²) < 4.78 is 43.0. The van der Waals surface area contributed by atoms with Crippen LogP contribution in [0.25, 0.3) is 0 Å². The van der Waals surface area contributed by atoms with E-state index in [0.717, 1.165) is 19.2 Å². The zero-order chi connectivity index (χ0) is 24.1. The van der Waals surface area contributed by atoms with Crippen molar-refractivity contribution in [1.29, 1.82) is 0 Å². The summed E-state index contributed by atoms with van der Waals surface area (Å²) in [5.74, 6) is 5.44. The van der Waals surface area contributed by atoms with Gasteiger partial charge in [0.1, 0.15) is 11.5 Å². The summed E-state index contributed by atoms with van der Waals surface area (Å²) in [5, 5.41) is 5.74. The van der Waals surface area contributed by atoms with Gasteiger partial charge in [0, 0.05) is 57.1 Å². The molecule has 0 atom stereocenters. The molecule has 10 heteroatoms. The topological polar surface area (TPSA) is 75.1 Å². The quantitative estimate of drug-likeness (QED) is 0.576. The van der Waals surface area contributed by atoms with Gasteiger partial charge in [0.15, 0.2) is 0 Å². The van der Waals surface area contributed by atoms with Crippen molar-refractivity contribution in [2.45, 2.75) is 12.7 Å². The highest BCUT2D eigenvalue weighted by atomic mass is 19.4. The normalized spacial score (nSPS) is 14.4. The third-order valence-electron chi connectivity index (χ3n) is 5.43. The minimum absolute atomic E-state index is 0.0930. The second kappa shape index (κ2) is 10.1. The van der Waals surface area contributed by atoms with E-state index in [1.165, 1.54) is 18.3 Å². The number of hydrogen-bond acceptors (Lipinski definition) is 5. The van der Waals surface area contributed by atoms with Crippen LogP contribution in [0.3, 0.4) is 0 Å². The smallest absolute Gasteiger partial charge is 0.327 e. The number of anilines is 1. The van der Waals surface area contributed by atoms with Crippen molar-refractivity contribution in [1.82, 2.24) is 24.8 Å². The molecule has 1 aromatic carbocycles. The standard InChI is InChI=1S/C24H23F3N6O/c1-32-16-29-14-20(32)5-2-17-6-7-30-22(12-17)31-23(34)18-3-4-19(21(13-18)24(25,26)27)15-33-10-8-28-9-11-33/h3-4,6-7,12-14,16,28H,8-11,15H2,1H3,(H,30,31,34). The zero-order valence-electron chi connectivity index (χ0n) is 18.5. The lowest BCUT2D eigenvalue weighted by atomic mass is 10.0. The van der Waals surface area contributed by atoms with Gasteiger partial charge in [0.2, 0.25) is 0 Å². The number of amides is 1. The molecule has 3 heterocycles. The molecule has 0 aliphatic carbocycles. The first-order valence-electron chi connectivity index (χ1n) is 10.7.